The van der Waals surface area contributed by atoms with Crippen LogP contribution in [0, 0.1) is 18.3 Å². The van der Waals surface area contributed by atoms with Gasteiger partial charge in [-0.25, -0.2) is 0 Å². The van der Waals surface area contributed by atoms with Crippen LogP contribution in [0.4, 0.5) is 5.69 Å². The summed E-state index contributed by atoms with van der Waals surface area (Å²) < 4.78 is 11.9. The van der Waals surface area contributed by atoms with Crippen molar-refractivity contribution in [2.45, 2.75) is 13.8 Å². The molecule has 5 nitrogen and oxygen atoms in total. The van der Waals surface area contributed by atoms with E-state index in [1.165, 1.54) is 6.08 Å². The minimum atomic E-state index is -0.483. The van der Waals surface area contributed by atoms with E-state index in [4.69, 9.17) is 9.47 Å². The molecule has 28 heavy (non-hydrogen) atoms. The first-order chi connectivity index (χ1) is 13.5. The van der Waals surface area contributed by atoms with E-state index in [1.807, 2.05) is 32.0 Å². The molecule has 0 aromatic heterocycles. The van der Waals surface area contributed by atoms with Crippen LogP contribution in [0.1, 0.15) is 18.1 Å². The number of amides is 1. The summed E-state index contributed by atoms with van der Waals surface area (Å²) in [5.41, 5.74) is 2.31. The van der Waals surface area contributed by atoms with Crippen molar-refractivity contribution in [3.63, 3.8) is 0 Å². The Morgan fingerprint density at radius 2 is 1.93 bits per heavy atom. The van der Waals surface area contributed by atoms with Crippen LogP contribution in [0.15, 0.2) is 59.1 Å². The van der Waals surface area contributed by atoms with Gasteiger partial charge >= 0.3 is 0 Å². The molecular formula is C22H21BrN2O3. The predicted molar refractivity (Wildman–Crippen MR) is 114 cm³/mol. The maximum atomic E-state index is 12.5. The molecule has 0 unspecified atom stereocenters. The summed E-state index contributed by atoms with van der Waals surface area (Å²) in [6.45, 7) is 8.25. The van der Waals surface area contributed by atoms with Crippen molar-refractivity contribution < 1.29 is 14.3 Å². The number of hydrogen-bond acceptors (Lipinski definition) is 4. The topological polar surface area (TPSA) is 71.3 Å². The van der Waals surface area contributed by atoms with Crippen molar-refractivity contribution in [1.82, 2.24) is 0 Å². The number of benzene rings is 2. The maximum Gasteiger partial charge on any atom is 0.266 e. The Bertz CT molecular complexity index is 928. The smallest absolute Gasteiger partial charge is 0.266 e. The Labute approximate surface area is 173 Å². The molecule has 6 heteroatoms. The van der Waals surface area contributed by atoms with E-state index in [2.05, 4.69) is 27.8 Å². The van der Waals surface area contributed by atoms with Crippen molar-refractivity contribution in [1.29, 1.82) is 5.26 Å². The minimum absolute atomic E-state index is 0.0246. The van der Waals surface area contributed by atoms with Gasteiger partial charge in [0.25, 0.3) is 5.91 Å². The number of anilines is 1. The van der Waals surface area contributed by atoms with Crippen LogP contribution < -0.4 is 14.8 Å². The molecule has 0 atom stereocenters. The number of ether oxygens (including phenoxy) is 2. The third kappa shape index (κ3) is 5.73. The van der Waals surface area contributed by atoms with Crippen LogP contribution in [0.25, 0.3) is 6.08 Å². The second-order valence-corrected chi connectivity index (χ2v) is 6.70. The molecule has 0 fully saturated rings. The van der Waals surface area contributed by atoms with Crippen molar-refractivity contribution in [2.75, 3.05) is 18.5 Å². The maximum absolute atomic E-state index is 12.5. The first-order valence-corrected chi connectivity index (χ1v) is 9.47. The second-order valence-electron chi connectivity index (χ2n) is 5.84. The van der Waals surface area contributed by atoms with Gasteiger partial charge in [0.1, 0.15) is 18.2 Å². The van der Waals surface area contributed by atoms with E-state index in [0.717, 1.165) is 5.56 Å². The molecule has 2 aromatic rings. The average molecular weight is 441 g/mol. The Morgan fingerprint density at radius 3 is 2.54 bits per heavy atom. The number of nitrogens with zero attached hydrogens (tertiary/aromatic N) is 1. The van der Waals surface area contributed by atoms with Gasteiger partial charge in [0.15, 0.2) is 11.5 Å². The van der Waals surface area contributed by atoms with Gasteiger partial charge in [-0.2, -0.15) is 5.26 Å². The SMILES string of the molecule is C=CCOc1cc(Br)c(/C=C(\C#N)C(=O)Nc2ccc(C)cc2)cc1OCC. The summed E-state index contributed by atoms with van der Waals surface area (Å²) in [6.07, 6.45) is 3.15. The lowest BCUT2D eigenvalue weighted by Gasteiger charge is -2.13. The van der Waals surface area contributed by atoms with Crippen molar-refractivity contribution >= 4 is 33.6 Å². The molecule has 2 rings (SSSR count). The van der Waals surface area contributed by atoms with Crippen LogP contribution in [0.3, 0.4) is 0 Å². The lowest BCUT2D eigenvalue weighted by molar-refractivity contribution is -0.112. The number of hydrogen-bond donors (Lipinski definition) is 1. The highest BCUT2D eigenvalue weighted by Gasteiger charge is 2.14. The summed E-state index contributed by atoms with van der Waals surface area (Å²) in [7, 11) is 0. The number of carbonyl (C=O) groups excluding carboxylic acids is 1. The Kier molecular flexibility index (Phi) is 7.85. The predicted octanol–water partition coefficient (Wildman–Crippen LogP) is 5.27. The summed E-state index contributed by atoms with van der Waals surface area (Å²) in [5.74, 6) is 0.589. The van der Waals surface area contributed by atoms with E-state index in [-0.39, 0.29) is 5.57 Å². The third-order valence-electron chi connectivity index (χ3n) is 3.69. The first kappa shape index (κ1) is 21.3. The molecule has 2 aromatic carbocycles. The molecule has 0 heterocycles. The standard InChI is InChI=1S/C22H21BrN2O3/c1-4-10-28-21-13-19(23)16(12-20(21)27-5-2)11-17(14-24)22(26)25-18-8-6-15(3)7-9-18/h4,6-9,11-13H,1,5,10H2,2-3H3,(H,25,26)/b17-11+. The van der Waals surface area contributed by atoms with Gasteiger partial charge < -0.3 is 14.8 Å². The number of aryl methyl sites for hydroxylation is 1. The van der Waals surface area contributed by atoms with Gasteiger partial charge in [0, 0.05) is 10.2 Å². The highest BCUT2D eigenvalue weighted by molar-refractivity contribution is 9.10. The monoisotopic (exact) mass is 440 g/mol. The molecule has 0 aliphatic carbocycles. The van der Waals surface area contributed by atoms with E-state index in [1.54, 1.807) is 30.3 Å². The minimum Gasteiger partial charge on any atom is -0.490 e. The molecule has 0 aliphatic rings. The average Bonchev–Trinajstić information content (AvgIpc) is 2.68. The number of nitriles is 1. The molecule has 0 spiro atoms. The van der Waals surface area contributed by atoms with Crippen LogP contribution in [-0.2, 0) is 4.79 Å². The van der Waals surface area contributed by atoms with E-state index >= 15 is 0 Å². The van der Waals surface area contributed by atoms with Gasteiger partial charge in [-0.15, -0.1) is 0 Å². The fraction of sp³-hybridized carbons (Fsp3) is 0.182. The highest BCUT2D eigenvalue weighted by atomic mass is 79.9. The molecule has 144 valence electrons. The Morgan fingerprint density at radius 1 is 1.25 bits per heavy atom. The molecule has 0 bridgehead atoms. The fourth-order valence-electron chi connectivity index (χ4n) is 2.33. The zero-order valence-corrected chi connectivity index (χ0v) is 17.4. The molecule has 0 radical (unpaired) electrons. The summed E-state index contributed by atoms with van der Waals surface area (Å²) in [4.78, 5) is 12.5. The largest absolute Gasteiger partial charge is 0.490 e. The van der Waals surface area contributed by atoms with E-state index in [9.17, 15) is 10.1 Å². The van der Waals surface area contributed by atoms with Gasteiger partial charge in [-0.1, -0.05) is 46.3 Å². The zero-order valence-electron chi connectivity index (χ0n) is 15.8. The molecule has 0 aliphatic heterocycles. The number of halogens is 1. The third-order valence-corrected chi connectivity index (χ3v) is 4.38. The van der Waals surface area contributed by atoms with Gasteiger partial charge in [0.05, 0.1) is 6.61 Å². The molecule has 0 saturated carbocycles. The molecule has 1 amide bonds. The number of carbonyl (C=O) groups is 1. The Balaban J connectivity index is 2.32. The molecule has 1 N–H and O–H groups in total. The normalized spacial score (nSPS) is 10.7. The fourth-order valence-corrected chi connectivity index (χ4v) is 2.77. The van der Waals surface area contributed by atoms with Crippen LogP contribution in [0.2, 0.25) is 0 Å². The van der Waals surface area contributed by atoms with Crippen LogP contribution >= 0.6 is 15.9 Å². The molecule has 0 saturated heterocycles. The summed E-state index contributed by atoms with van der Waals surface area (Å²) in [5, 5.41) is 12.2. The summed E-state index contributed by atoms with van der Waals surface area (Å²) >= 11 is 3.46. The van der Waals surface area contributed by atoms with Gasteiger partial charge in [-0.05, 0) is 49.8 Å². The van der Waals surface area contributed by atoms with E-state index < -0.39 is 5.91 Å². The van der Waals surface area contributed by atoms with Crippen LogP contribution in [-0.4, -0.2) is 19.1 Å². The lowest BCUT2D eigenvalue weighted by Crippen LogP contribution is -2.13. The summed E-state index contributed by atoms with van der Waals surface area (Å²) in [6, 6.07) is 12.8. The van der Waals surface area contributed by atoms with Crippen LogP contribution in [0.5, 0.6) is 11.5 Å². The Hall–Kier alpha value is -3.04. The quantitative estimate of drug-likeness (QED) is 0.344. The highest BCUT2D eigenvalue weighted by Crippen LogP contribution is 2.35. The van der Waals surface area contributed by atoms with Crippen molar-refractivity contribution in [3.8, 4) is 17.6 Å². The molecular weight excluding hydrogens is 420 g/mol. The van der Waals surface area contributed by atoms with Gasteiger partial charge in [-0.3, -0.25) is 4.79 Å². The second kappa shape index (κ2) is 10.3. The van der Waals surface area contributed by atoms with E-state index in [0.29, 0.717) is 40.4 Å². The van der Waals surface area contributed by atoms with Crippen molar-refractivity contribution in [2.24, 2.45) is 0 Å². The number of nitrogens with one attached hydrogen (secondary N) is 1. The zero-order chi connectivity index (χ0) is 20.5. The van der Waals surface area contributed by atoms with Crippen molar-refractivity contribution in [3.05, 3.63) is 70.2 Å². The lowest BCUT2D eigenvalue weighted by atomic mass is 10.1. The first-order valence-electron chi connectivity index (χ1n) is 8.68. The van der Waals surface area contributed by atoms with Gasteiger partial charge in [0.2, 0.25) is 0 Å². The number of rotatable bonds is 8.